The van der Waals surface area contributed by atoms with Gasteiger partial charge in [0.15, 0.2) is 0 Å². The Morgan fingerprint density at radius 1 is 1.54 bits per heavy atom. The third-order valence-corrected chi connectivity index (χ3v) is 2.48. The molecule has 1 saturated heterocycles. The summed E-state index contributed by atoms with van der Waals surface area (Å²) in [4.78, 5) is 12.0. The van der Waals surface area contributed by atoms with E-state index < -0.39 is 24.0 Å². The van der Waals surface area contributed by atoms with Crippen molar-refractivity contribution in [3.8, 4) is 0 Å². The van der Waals surface area contributed by atoms with Crippen LogP contribution in [0.3, 0.4) is 0 Å². The third-order valence-electron chi connectivity index (χ3n) is 2.48. The zero-order valence-electron chi connectivity index (χ0n) is 7.68. The molecule has 0 aromatic carbocycles. The molecule has 3 nitrogen and oxygen atoms in total. The lowest BCUT2D eigenvalue weighted by Crippen LogP contribution is -2.49. The van der Waals surface area contributed by atoms with Gasteiger partial charge in [-0.3, -0.25) is 9.69 Å². The van der Waals surface area contributed by atoms with E-state index in [2.05, 4.69) is 0 Å². The van der Waals surface area contributed by atoms with Gasteiger partial charge in [-0.25, -0.2) is 8.78 Å². The van der Waals surface area contributed by atoms with Gasteiger partial charge in [-0.15, -0.1) is 0 Å². The highest BCUT2D eigenvalue weighted by Crippen LogP contribution is 2.31. The van der Waals surface area contributed by atoms with Crippen LogP contribution in [0.5, 0.6) is 0 Å². The highest BCUT2D eigenvalue weighted by molar-refractivity contribution is 5.77. The minimum Gasteiger partial charge on any atom is -0.480 e. The normalized spacial score (nSPS) is 23.4. The van der Waals surface area contributed by atoms with Gasteiger partial charge in [0, 0.05) is 13.0 Å². The number of hydrogen-bond donors (Lipinski definition) is 1. The van der Waals surface area contributed by atoms with E-state index in [0.29, 0.717) is 0 Å². The number of carboxylic acids is 1. The molecule has 0 spiro atoms. The van der Waals surface area contributed by atoms with Gasteiger partial charge in [0.25, 0.3) is 5.92 Å². The topological polar surface area (TPSA) is 40.5 Å². The number of aliphatic carboxylic acids is 1. The van der Waals surface area contributed by atoms with Crippen molar-refractivity contribution < 1.29 is 18.7 Å². The fourth-order valence-corrected chi connectivity index (χ4v) is 1.35. The maximum atomic E-state index is 12.8. The van der Waals surface area contributed by atoms with E-state index in [9.17, 15) is 13.6 Å². The van der Waals surface area contributed by atoms with Crippen LogP contribution in [-0.4, -0.2) is 40.5 Å². The van der Waals surface area contributed by atoms with Crippen molar-refractivity contribution in [3.63, 3.8) is 0 Å². The molecule has 13 heavy (non-hydrogen) atoms. The molecule has 0 aromatic rings. The molecule has 0 radical (unpaired) electrons. The number of alkyl halides is 2. The molecule has 5 heteroatoms. The van der Waals surface area contributed by atoms with Gasteiger partial charge < -0.3 is 5.11 Å². The lowest BCUT2D eigenvalue weighted by Gasteiger charge is -2.30. The molecule has 0 saturated carbocycles. The van der Waals surface area contributed by atoms with Crippen molar-refractivity contribution in [2.75, 3.05) is 13.1 Å². The first-order valence-corrected chi connectivity index (χ1v) is 4.12. The predicted octanol–water partition coefficient (Wildman–Crippen LogP) is 1.19. The zero-order valence-corrected chi connectivity index (χ0v) is 7.68. The van der Waals surface area contributed by atoms with Crippen molar-refractivity contribution in [1.29, 1.82) is 0 Å². The van der Waals surface area contributed by atoms with Crippen LogP contribution >= 0.6 is 0 Å². The average Bonchev–Trinajstić information content (AvgIpc) is 2.30. The van der Waals surface area contributed by atoms with Crippen molar-refractivity contribution in [3.05, 3.63) is 0 Å². The molecule has 1 aliphatic heterocycles. The van der Waals surface area contributed by atoms with Crippen molar-refractivity contribution >= 4 is 5.97 Å². The van der Waals surface area contributed by atoms with E-state index in [4.69, 9.17) is 5.11 Å². The van der Waals surface area contributed by atoms with E-state index in [1.807, 2.05) is 0 Å². The fraction of sp³-hybridized carbons (Fsp3) is 0.875. The number of carbonyl (C=O) groups is 1. The van der Waals surface area contributed by atoms with Crippen LogP contribution in [0.25, 0.3) is 0 Å². The summed E-state index contributed by atoms with van der Waals surface area (Å²) in [5, 5.41) is 8.79. The van der Waals surface area contributed by atoms with E-state index in [1.165, 1.54) is 18.7 Å². The highest BCUT2D eigenvalue weighted by Gasteiger charge is 2.46. The smallest absolute Gasteiger partial charge is 0.323 e. The Labute approximate surface area is 75.3 Å². The van der Waals surface area contributed by atoms with Crippen molar-refractivity contribution in [2.24, 2.45) is 0 Å². The maximum Gasteiger partial charge on any atom is 0.323 e. The zero-order chi connectivity index (χ0) is 10.3. The number of hydrogen-bond acceptors (Lipinski definition) is 2. The summed E-state index contributed by atoms with van der Waals surface area (Å²) >= 11 is 0. The highest BCUT2D eigenvalue weighted by atomic mass is 19.3. The lowest BCUT2D eigenvalue weighted by atomic mass is 10.0. The first-order chi connectivity index (χ1) is 5.76. The van der Waals surface area contributed by atoms with Gasteiger partial charge in [0.2, 0.25) is 0 Å². The second-order valence-corrected chi connectivity index (χ2v) is 3.89. The Kier molecular flexibility index (Phi) is 2.32. The van der Waals surface area contributed by atoms with Gasteiger partial charge in [0.05, 0.1) is 6.54 Å². The average molecular weight is 193 g/mol. The minimum atomic E-state index is -2.73. The summed E-state index contributed by atoms with van der Waals surface area (Å²) in [5.41, 5.74) is -1.19. The molecule has 0 atom stereocenters. The molecular formula is C8H13F2NO2. The Morgan fingerprint density at radius 3 is 2.38 bits per heavy atom. The maximum absolute atomic E-state index is 12.8. The fourth-order valence-electron chi connectivity index (χ4n) is 1.35. The Balaban J connectivity index is 2.71. The van der Waals surface area contributed by atoms with Gasteiger partial charge in [-0.2, -0.15) is 0 Å². The number of likely N-dealkylation sites (tertiary alicyclic amines) is 1. The summed E-state index contributed by atoms with van der Waals surface area (Å²) in [6.07, 6.45) is -0.246. The molecule has 1 fully saturated rings. The van der Waals surface area contributed by atoms with Crippen LogP contribution in [0.15, 0.2) is 0 Å². The molecule has 1 aliphatic rings. The van der Waals surface area contributed by atoms with Crippen LogP contribution < -0.4 is 0 Å². The van der Waals surface area contributed by atoms with E-state index in [-0.39, 0.29) is 13.0 Å². The van der Waals surface area contributed by atoms with Gasteiger partial charge in [-0.05, 0) is 13.8 Å². The number of halogens is 2. The molecule has 0 bridgehead atoms. The Hall–Kier alpha value is -0.710. The molecule has 0 unspecified atom stereocenters. The molecule has 1 N–H and O–H groups in total. The van der Waals surface area contributed by atoms with Crippen LogP contribution in [0, 0.1) is 0 Å². The SMILES string of the molecule is CC(C)(C(=O)O)N1CCC(F)(F)C1. The summed E-state index contributed by atoms with van der Waals surface area (Å²) in [6.45, 7) is 2.58. The summed E-state index contributed by atoms with van der Waals surface area (Å²) < 4.78 is 25.5. The van der Waals surface area contributed by atoms with Gasteiger partial charge >= 0.3 is 5.97 Å². The van der Waals surface area contributed by atoms with Crippen molar-refractivity contribution in [1.82, 2.24) is 4.90 Å². The first-order valence-electron chi connectivity index (χ1n) is 4.12. The summed E-state index contributed by atoms with van der Waals surface area (Å²) in [7, 11) is 0. The molecular weight excluding hydrogens is 180 g/mol. The number of rotatable bonds is 2. The second-order valence-electron chi connectivity index (χ2n) is 3.89. The first kappa shape index (κ1) is 10.4. The largest absolute Gasteiger partial charge is 0.480 e. The molecule has 1 heterocycles. The van der Waals surface area contributed by atoms with Gasteiger partial charge in [-0.1, -0.05) is 0 Å². The standard InChI is InChI=1S/C8H13F2NO2/c1-7(2,6(12)13)11-4-3-8(9,10)5-11/h3-5H2,1-2H3,(H,12,13). The minimum absolute atomic E-state index is 0.145. The molecule has 0 aromatic heterocycles. The Bertz CT molecular complexity index is 228. The van der Waals surface area contributed by atoms with Crippen LogP contribution in [0.1, 0.15) is 20.3 Å². The van der Waals surface area contributed by atoms with Crippen LogP contribution in [-0.2, 0) is 4.79 Å². The third kappa shape index (κ3) is 1.96. The summed E-state index contributed by atoms with van der Waals surface area (Å²) in [6, 6.07) is 0. The van der Waals surface area contributed by atoms with E-state index in [0.717, 1.165) is 0 Å². The number of nitrogens with zero attached hydrogens (tertiary/aromatic N) is 1. The van der Waals surface area contributed by atoms with Crippen LogP contribution in [0.2, 0.25) is 0 Å². The molecule has 1 rings (SSSR count). The quantitative estimate of drug-likeness (QED) is 0.716. The Morgan fingerprint density at radius 2 is 2.08 bits per heavy atom. The molecule has 0 aliphatic carbocycles. The predicted molar refractivity (Wildman–Crippen MR) is 42.9 cm³/mol. The second kappa shape index (κ2) is 2.90. The van der Waals surface area contributed by atoms with Crippen molar-refractivity contribution in [2.45, 2.75) is 31.7 Å². The number of carboxylic acid groups (broad SMARTS) is 1. The molecule has 76 valence electrons. The lowest BCUT2D eigenvalue weighted by molar-refractivity contribution is -0.149. The van der Waals surface area contributed by atoms with E-state index >= 15 is 0 Å². The van der Waals surface area contributed by atoms with Gasteiger partial charge in [0.1, 0.15) is 5.54 Å². The van der Waals surface area contributed by atoms with E-state index in [1.54, 1.807) is 0 Å². The summed E-state index contributed by atoms with van der Waals surface area (Å²) in [5.74, 6) is -3.79. The monoisotopic (exact) mass is 193 g/mol. The van der Waals surface area contributed by atoms with Crippen LogP contribution in [0.4, 0.5) is 8.78 Å². The molecule has 0 amide bonds.